The Bertz CT molecular complexity index is 225. The maximum Gasteiger partial charge on any atom is 0.324 e. The van der Waals surface area contributed by atoms with Gasteiger partial charge in [-0.1, -0.05) is 13.3 Å². The Morgan fingerprint density at radius 2 is 2.15 bits per heavy atom. The molecule has 0 bridgehead atoms. The fraction of sp³-hybridized carbons (Fsp3) is 0.900. The molecule has 3 nitrogen and oxygen atoms in total. The number of hydrogen-bond donors (Lipinski definition) is 2. The maximum atomic E-state index is 11.2. The molecule has 2 atom stereocenters. The van der Waals surface area contributed by atoms with Gasteiger partial charge in [-0.15, -0.1) is 0 Å². The van der Waals surface area contributed by atoms with E-state index in [1.54, 1.807) is 0 Å². The van der Waals surface area contributed by atoms with E-state index in [0.29, 0.717) is 6.04 Å². The van der Waals surface area contributed by atoms with Crippen molar-refractivity contribution >= 4 is 5.97 Å². The summed E-state index contributed by atoms with van der Waals surface area (Å²) in [6.07, 6.45) is 5.21. The lowest BCUT2D eigenvalue weighted by atomic mass is 9.88. The second kappa shape index (κ2) is 2.98. The predicted molar refractivity (Wildman–Crippen MR) is 49.5 cm³/mol. The molecule has 0 amide bonds. The van der Waals surface area contributed by atoms with E-state index in [0.717, 1.165) is 32.1 Å². The summed E-state index contributed by atoms with van der Waals surface area (Å²) in [6, 6.07) is 0.483. The SMILES string of the molecule is CC1CCCC1(NC1CC1)C(=O)O. The van der Waals surface area contributed by atoms with Crippen molar-refractivity contribution < 1.29 is 9.90 Å². The lowest BCUT2D eigenvalue weighted by Gasteiger charge is -2.30. The van der Waals surface area contributed by atoms with E-state index in [2.05, 4.69) is 12.2 Å². The van der Waals surface area contributed by atoms with Crippen LogP contribution in [0.3, 0.4) is 0 Å². The Morgan fingerprint density at radius 1 is 1.46 bits per heavy atom. The average Bonchev–Trinajstić information content (AvgIpc) is 2.78. The van der Waals surface area contributed by atoms with Crippen LogP contribution in [-0.4, -0.2) is 22.7 Å². The summed E-state index contributed by atoms with van der Waals surface area (Å²) in [7, 11) is 0. The zero-order valence-corrected chi connectivity index (χ0v) is 8.05. The monoisotopic (exact) mass is 183 g/mol. The smallest absolute Gasteiger partial charge is 0.324 e. The normalized spacial score (nSPS) is 39.3. The molecule has 0 aromatic rings. The largest absolute Gasteiger partial charge is 0.480 e. The second-order valence-electron chi connectivity index (χ2n) is 4.49. The number of carboxylic acids is 1. The molecular weight excluding hydrogens is 166 g/mol. The van der Waals surface area contributed by atoms with Gasteiger partial charge in [-0.2, -0.15) is 0 Å². The van der Waals surface area contributed by atoms with Crippen LogP contribution < -0.4 is 5.32 Å². The molecule has 2 N–H and O–H groups in total. The van der Waals surface area contributed by atoms with Crippen molar-refractivity contribution in [3.05, 3.63) is 0 Å². The Hall–Kier alpha value is -0.570. The third kappa shape index (κ3) is 1.46. The lowest BCUT2D eigenvalue weighted by molar-refractivity contribution is -0.146. The number of nitrogens with one attached hydrogen (secondary N) is 1. The standard InChI is InChI=1S/C10H17NO2/c1-7-3-2-6-10(7,9(12)13)11-8-4-5-8/h7-8,11H,2-6H2,1H3,(H,12,13). The van der Waals surface area contributed by atoms with Gasteiger partial charge in [-0.05, 0) is 31.6 Å². The third-order valence-electron chi connectivity index (χ3n) is 3.47. The van der Waals surface area contributed by atoms with Crippen LogP contribution in [0.25, 0.3) is 0 Å². The Labute approximate surface area is 78.5 Å². The van der Waals surface area contributed by atoms with E-state index in [1.165, 1.54) is 0 Å². The predicted octanol–water partition coefficient (Wildman–Crippen LogP) is 1.38. The fourth-order valence-corrected chi connectivity index (χ4v) is 2.37. The van der Waals surface area contributed by atoms with Crippen LogP contribution in [0.4, 0.5) is 0 Å². The van der Waals surface area contributed by atoms with Crippen molar-refractivity contribution in [2.45, 2.75) is 50.6 Å². The van der Waals surface area contributed by atoms with E-state index in [9.17, 15) is 9.90 Å². The number of rotatable bonds is 3. The van der Waals surface area contributed by atoms with Gasteiger partial charge in [0.2, 0.25) is 0 Å². The highest BCUT2D eigenvalue weighted by Crippen LogP contribution is 2.38. The van der Waals surface area contributed by atoms with Crippen molar-refractivity contribution in [1.29, 1.82) is 0 Å². The van der Waals surface area contributed by atoms with E-state index >= 15 is 0 Å². The second-order valence-corrected chi connectivity index (χ2v) is 4.49. The molecule has 0 saturated heterocycles. The van der Waals surface area contributed by atoms with Crippen molar-refractivity contribution in [2.24, 2.45) is 5.92 Å². The summed E-state index contributed by atoms with van der Waals surface area (Å²) < 4.78 is 0. The molecule has 0 radical (unpaired) electrons. The molecule has 0 aromatic heterocycles. The molecule has 0 spiro atoms. The Kier molecular flexibility index (Phi) is 2.06. The molecule has 2 aliphatic rings. The van der Waals surface area contributed by atoms with E-state index in [1.807, 2.05) is 0 Å². The van der Waals surface area contributed by atoms with Gasteiger partial charge in [0.1, 0.15) is 5.54 Å². The topological polar surface area (TPSA) is 49.3 Å². The minimum absolute atomic E-state index is 0.283. The molecule has 0 heterocycles. The Balaban J connectivity index is 2.12. The molecule has 74 valence electrons. The van der Waals surface area contributed by atoms with Crippen LogP contribution in [0.15, 0.2) is 0 Å². The van der Waals surface area contributed by atoms with Crippen LogP contribution in [0.2, 0.25) is 0 Å². The summed E-state index contributed by atoms with van der Waals surface area (Å²) in [6.45, 7) is 2.05. The van der Waals surface area contributed by atoms with Gasteiger partial charge in [-0.25, -0.2) is 0 Å². The highest BCUT2D eigenvalue weighted by molar-refractivity contribution is 5.79. The van der Waals surface area contributed by atoms with Crippen molar-refractivity contribution in [3.8, 4) is 0 Å². The average molecular weight is 183 g/mol. The molecule has 0 aromatic carbocycles. The minimum atomic E-state index is -0.649. The van der Waals surface area contributed by atoms with Gasteiger partial charge in [-0.3, -0.25) is 10.1 Å². The van der Waals surface area contributed by atoms with Gasteiger partial charge in [0.15, 0.2) is 0 Å². The van der Waals surface area contributed by atoms with Crippen LogP contribution >= 0.6 is 0 Å². The molecule has 2 aliphatic carbocycles. The van der Waals surface area contributed by atoms with Gasteiger partial charge in [0.05, 0.1) is 0 Å². The molecule has 3 heteroatoms. The van der Waals surface area contributed by atoms with Crippen LogP contribution in [0.1, 0.15) is 39.0 Å². The highest BCUT2D eigenvalue weighted by atomic mass is 16.4. The summed E-state index contributed by atoms with van der Waals surface area (Å²) in [5.74, 6) is -0.366. The maximum absolute atomic E-state index is 11.2. The summed E-state index contributed by atoms with van der Waals surface area (Å²) in [5.41, 5.74) is -0.596. The van der Waals surface area contributed by atoms with Crippen molar-refractivity contribution in [1.82, 2.24) is 5.32 Å². The molecule has 0 aliphatic heterocycles. The molecule has 2 rings (SSSR count). The van der Waals surface area contributed by atoms with Gasteiger partial charge >= 0.3 is 5.97 Å². The van der Waals surface area contributed by atoms with Crippen molar-refractivity contribution in [2.75, 3.05) is 0 Å². The number of hydrogen-bond acceptors (Lipinski definition) is 2. The van der Waals surface area contributed by atoms with E-state index in [4.69, 9.17) is 0 Å². The third-order valence-corrected chi connectivity index (χ3v) is 3.47. The van der Waals surface area contributed by atoms with Gasteiger partial charge in [0, 0.05) is 6.04 Å². The highest BCUT2D eigenvalue weighted by Gasteiger charge is 2.49. The minimum Gasteiger partial charge on any atom is -0.480 e. The zero-order chi connectivity index (χ0) is 9.47. The lowest BCUT2D eigenvalue weighted by Crippen LogP contribution is -2.54. The van der Waals surface area contributed by atoms with Crippen LogP contribution in [0, 0.1) is 5.92 Å². The summed E-state index contributed by atoms with van der Waals surface area (Å²) >= 11 is 0. The summed E-state index contributed by atoms with van der Waals surface area (Å²) in [4.78, 5) is 11.2. The molecule has 2 unspecified atom stereocenters. The Morgan fingerprint density at radius 3 is 2.54 bits per heavy atom. The molecule has 2 fully saturated rings. The summed E-state index contributed by atoms with van der Waals surface area (Å²) in [5, 5.41) is 12.6. The number of carbonyl (C=O) groups is 1. The first-order valence-corrected chi connectivity index (χ1v) is 5.16. The molecular formula is C10H17NO2. The van der Waals surface area contributed by atoms with Crippen LogP contribution in [-0.2, 0) is 4.79 Å². The number of carboxylic acid groups (broad SMARTS) is 1. The zero-order valence-electron chi connectivity index (χ0n) is 8.05. The van der Waals surface area contributed by atoms with Crippen LogP contribution in [0.5, 0.6) is 0 Å². The van der Waals surface area contributed by atoms with Gasteiger partial charge in [0.25, 0.3) is 0 Å². The molecule has 2 saturated carbocycles. The van der Waals surface area contributed by atoms with E-state index < -0.39 is 11.5 Å². The van der Waals surface area contributed by atoms with E-state index in [-0.39, 0.29) is 5.92 Å². The first kappa shape index (κ1) is 9.00. The fourth-order valence-electron chi connectivity index (χ4n) is 2.37. The quantitative estimate of drug-likeness (QED) is 0.695. The first-order valence-electron chi connectivity index (χ1n) is 5.16. The molecule has 13 heavy (non-hydrogen) atoms. The van der Waals surface area contributed by atoms with Gasteiger partial charge < -0.3 is 5.11 Å². The first-order chi connectivity index (χ1) is 6.15. The van der Waals surface area contributed by atoms with Crippen molar-refractivity contribution in [3.63, 3.8) is 0 Å². The number of aliphatic carboxylic acids is 1.